The zero-order valence-electron chi connectivity index (χ0n) is 20.9. The lowest BCUT2D eigenvalue weighted by Gasteiger charge is -2.32. The second-order valence-corrected chi connectivity index (χ2v) is 9.92. The van der Waals surface area contributed by atoms with Crippen molar-refractivity contribution in [1.82, 2.24) is 15.1 Å². The summed E-state index contributed by atoms with van der Waals surface area (Å²) in [6, 6.07) is 15.9. The molecule has 194 valence electrons. The van der Waals surface area contributed by atoms with E-state index in [-0.39, 0.29) is 55.0 Å². The highest BCUT2D eigenvalue weighted by Crippen LogP contribution is 2.35. The molecule has 2 aliphatic rings. The van der Waals surface area contributed by atoms with E-state index in [4.69, 9.17) is 11.6 Å². The average molecular weight is 522 g/mol. The maximum absolute atomic E-state index is 13.7. The molecular formula is C29H32ClN3O4. The van der Waals surface area contributed by atoms with Crippen LogP contribution in [0.4, 0.5) is 0 Å². The predicted octanol–water partition coefficient (Wildman–Crippen LogP) is 3.76. The Balaban J connectivity index is 1.57. The lowest BCUT2D eigenvalue weighted by molar-refractivity contribution is -0.144. The lowest BCUT2D eigenvalue weighted by atomic mass is 9.85. The molecule has 1 saturated heterocycles. The fourth-order valence-corrected chi connectivity index (χ4v) is 5.33. The highest BCUT2D eigenvalue weighted by Gasteiger charge is 2.47. The Hall–Kier alpha value is -3.45. The third-order valence-electron chi connectivity index (χ3n) is 7.01. The van der Waals surface area contributed by atoms with Gasteiger partial charge in [-0.2, -0.15) is 0 Å². The number of likely N-dealkylation sites (tertiary alicyclic amines) is 1. The largest absolute Gasteiger partial charge is 0.355 e. The zero-order valence-corrected chi connectivity index (χ0v) is 21.7. The summed E-state index contributed by atoms with van der Waals surface area (Å²) < 4.78 is 0. The smallest absolute Gasteiger partial charge is 0.243 e. The van der Waals surface area contributed by atoms with Crippen LogP contribution in [-0.2, 0) is 32.1 Å². The Bertz CT molecular complexity index is 1160. The first-order valence-corrected chi connectivity index (χ1v) is 13.1. The Morgan fingerprint density at radius 3 is 2.27 bits per heavy atom. The van der Waals surface area contributed by atoms with Gasteiger partial charge >= 0.3 is 0 Å². The third-order valence-corrected chi connectivity index (χ3v) is 7.25. The van der Waals surface area contributed by atoms with Crippen molar-refractivity contribution in [3.8, 4) is 0 Å². The Labute approximate surface area is 222 Å². The molecule has 3 atom stereocenters. The van der Waals surface area contributed by atoms with Gasteiger partial charge in [-0.1, -0.05) is 66.2 Å². The van der Waals surface area contributed by atoms with Crippen LogP contribution in [0, 0.1) is 11.8 Å². The number of nitrogens with one attached hydrogen (secondary N) is 1. The summed E-state index contributed by atoms with van der Waals surface area (Å²) >= 11 is 6.20. The summed E-state index contributed by atoms with van der Waals surface area (Å²) in [7, 11) is 0. The second kappa shape index (κ2) is 12.2. The van der Waals surface area contributed by atoms with Gasteiger partial charge in [0.05, 0.1) is 11.8 Å². The van der Waals surface area contributed by atoms with Crippen LogP contribution in [0.5, 0.6) is 0 Å². The maximum Gasteiger partial charge on any atom is 0.243 e. The molecule has 2 aromatic rings. The minimum atomic E-state index is -0.773. The van der Waals surface area contributed by atoms with Gasteiger partial charge in [0.1, 0.15) is 6.04 Å². The minimum absolute atomic E-state index is 0.00298. The molecule has 7 nitrogen and oxygen atoms in total. The van der Waals surface area contributed by atoms with Crippen LogP contribution >= 0.6 is 11.6 Å². The fourth-order valence-electron chi connectivity index (χ4n) is 5.12. The summed E-state index contributed by atoms with van der Waals surface area (Å²) in [6.07, 6.45) is 5.25. The number of allylic oxidation sites excluding steroid dienone is 2. The Kier molecular flexibility index (Phi) is 8.77. The number of fused-ring (bicyclic) bond motifs is 1. The lowest BCUT2D eigenvalue weighted by Crippen LogP contribution is -2.51. The van der Waals surface area contributed by atoms with E-state index in [9.17, 15) is 19.2 Å². The van der Waals surface area contributed by atoms with Crippen molar-refractivity contribution >= 4 is 35.2 Å². The van der Waals surface area contributed by atoms with Gasteiger partial charge in [-0.25, -0.2) is 0 Å². The molecule has 0 bridgehead atoms. The molecule has 0 aromatic heterocycles. The van der Waals surface area contributed by atoms with Crippen LogP contribution in [0.2, 0.25) is 5.02 Å². The molecule has 1 aliphatic heterocycles. The molecule has 2 aromatic carbocycles. The molecule has 1 aliphatic carbocycles. The predicted molar refractivity (Wildman–Crippen MR) is 141 cm³/mol. The number of nitrogens with zero attached hydrogens (tertiary/aromatic N) is 2. The van der Waals surface area contributed by atoms with E-state index >= 15 is 0 Å². The van der Waals surface area contributed by atoms with Crippen molar-refractivity contribution < 1.29 is 19.2 Å². The summed E-state index contributed by atoms with van der Waals surface area (Å²) in [5.74, 6) is -1.66. The maximum atomic E-state index is 13.7. The normalized spacial score (nSPS) is 19.5. The van der Waals surface area contributed by atoms with Gasteiger partial charge in [0, 0.05) is 37.5 Å². The highest BCUT2D eigenvalue weighted by molar-refractivity contribution is 6.30. The number of carbonyl (C=O) groups is 4. The van der Waals surface area contributed by atoms with Crippen LogP contribution in [0.3, 0.4) is 0 Å². The average Bonchev–Trinajstić information content (AvgIpc) is 3.14. The summed E-state index contributed by atoms with van der Waals surface area (Å²) in [5, 5.41) is 3.39. The van der Waals surface area contributed by atoms with Crippen molar-refractivity contribution in [2.45, 2.75) is 45.2 Å². The minimum Gasteiger partial charge on any atom is -0.355 e. The zero-order chi connectivity index (χ0) is 26.4. The number of hydrogen-bond donors (Lipinski definition) is 1. The van der Waals surface area contributed by atoms with Gasteiger partial charge in [-0.15, -0.1) is 0 Å². The van der Waals surface area contributed by atoms with E-state index in [1.54, 1.807) is 23.1 Å². The van der Waals surface area contributed by atoms with E-state index in [0.29, 0.717) is 30.8 Å². The topological polar surface area (TPSA) is 86.8 Å². The number of amides is 4. The quantitative estimate of drug-likeness (QED) is 0.381. The number of halogens is 1. The highest BCUT2D eigenvalue weighted by atomic mass is 35.5. The van der Waals surface area contributed by atoms with Gasteiger partial charge in [0.15, 0.2) is 0 Å². The van der Waals surface area contributed by atoms with Crippen LogP contribution in [0.25, 0.3) is 0 Å². The Morgan fingerprint density at radius 2 is 1.65 bits per heavy atom. The van der Waals surface area contributed by atoms with E-state index in [1.807, 2.05) is 55.5 Å². The molecule has 4 rings (SSSR count). The van der Waals surface area contributed by atoms with Crippen LogP contribution in [0.15, 0.2) is 66.7 Å². The van der Waals surface area contributed by atoms with Crippen molar-refractivity contribution in [2.24, 2.45) is 11.8 Å². The number of rotatable bonds is 10. The number of imide groups is 1. The fraction of sp³-hybridized carbons (Fsp3) is 0.379. The van der Waals surface area contributed by atoms with Crippen LogP contribution < -0.4 is 5.32 Å². The van der Waals surface area contributed by atoms with E-state index in [1.165, 1.54) is 4.90 Å². The molecular weight excluding hydrogens is 490 g/mol. The van der Waals surface area contributed by atoms with Crippen molar-refractivity contribution in [2.75, 3.05) is 13.1 Å². The number of benzene rings is 2. The summed E-state index contributed by atoms with van der Waals surface area (Å²) in [6.45, 7) is 2.44. The van der Waals surface area contributed by atoms with Gasteiger partial charge < -0.3 is 10.2 Å². The second-order valence-electron chi connectivity index (χ2n) is 9.49. The van der Waals surface area contributed by atoms with Crippen LogP contribution in [0.1, 0.15) is 37.3 Å². The molecule has 37 heavy (non-hydrogen) atoms. The van der Waals surface area contributed by atoms with Gasteiger partial charge in [0.25, 0.3) is 0 Å². The van der Waals surface area contributed by atoms with E-state index in [2.05, 4.69) is 5.32 Å². The first kappa shape index (κ1) is 26.6. The molecule has 0 radical (unpaired) electrons. The van der Waals surface area contributed by atoms with Crippen molar-refractivity contribution in [1.29, 1.82) is 0 Å². The van der Waals surface area contributed by atoms with Gasteiger partial charge in [0.2, 0.25) is 23.6 Å². The van der Waals surface area contributed by atoms with Crippen LogP contribution in [-0.4, -0.2) is 52.6 Å². The van der Waals surface area contributed by atoms with E-state index in [0.717, 1.165) is 11.1 Å². The van der Waals surface area contributed by atoms with Gasteiger partial charge in [-0.3, -0.25) is 24.1 Å². The van der Waals surface area contributed by atoms with Crippen molar-refractivity contribution in [3.05, 3.63) is 82.9 Å². The standard InChI is InChI=1S/C29H32ClN3O4/c1-2-31-27(35)25(18-20-9-4-3-5-10-20)33(19-21-11-8-12-22(30)17-21)26(34)15-16-32-28(36)23-13-6-7-14-24(23)29(32)37/h3-12,17,23-25H,2,13-16,18-19H2,1H3,(H,31,35)/t23-,24+,25-/m1/s1. The third kappa shape index (κ3) is 6.28. The summed E-state index contributed by atoms with van der Waals surface area (Å²) in [5.41, 5.74) is 1.71. The molecule has 1 heterocycles. The van der Waals surface area contributed by atoms with Gasteiger partial charge in [-0.05, 0) is 43.0 Å². The number of hydrogen-bond acceptors (Lipinski definition) is 4. The molecule has 0 unspecified atom stereocenters. The molecule has 0 spiro atoms. The molecule has 0 saturated carbocycles. The molecule has 1 fully saturated rings. The summed E-state index contributed by atoms with van der Waals surface area (Å²) in [4.78, 5) is 55.5. The SMILES string of the molecule is CCNC(=O)[C@@H](Cc1ccccc1)N(Cc1cccc(Cl)c1)C(=O)CCN1C(=O)[C@H]2CC=CC[C@H]2C1=O. The number of likely N-dealkylation sites (N-methyl/N-ethyl adjacent to an activating group) is 1. The number of carbonyl (C=O) groups excluding carboxylic acids is 4. The monoisotopic (exact) mass is 521 g/mol. The Morgan fingerprint density at radius 1 is 1.00 bits per heavy atom. The molecule has 4 amide bonds. The first-order chi connectivity index (χ1) is 17.9. The molecule has 1 N–H and O–H groups in total. The first-order valence-electron chi connectivity index (χ1n) is 12.7. The van der Waals surface area contributed by atoms with E-state index < -0.39 is 6.04 Å². The molecule has 8 heteroatoms. The van der Waals surface area contributed by atoms with Crippen molar-refractivity contribution in [3.63, 3.8) is 0 Å².